The maximum atomic E-state index is 11.2. The molecule has 90 valence electrons. The average molecular weight is 309 g/mol. The molecule has 1 heterocycles. The predicted molar refractivity (Wildman–Crippen MR) is 64.3 cm³/mol. The van der Waals surface area contributed by atoms with Gasteiger partial charge in [-0.2, -0.15) is 0 Å². The van der Waals surface area contributed by atoms with Crippen LogP contribution in [0.15, 0.2) is 22.8 Å². The maximum Gasteiger partial charge on any atom is 0.214 e. The summed E-state index contributed by atoms with van der Waals surface area (Å²) in [5.41, 5.74) is 0.534. The molecule has 0 saturated heterocycles. The van der Waals surface area contributed by atoms with Crippen molar-refractivity contribution in [3.63, 3.8) is 0 Å². The number of hydrogen-bond acceptors (Lipinski definition) is 4. The molecule has 0 radical (unpaired) electrons. The van der Waals surface area contributed by atoms with Gasteiger partial charge in [0.15, 0.2) is 0 Å². The first kappa shape index (κ1) is 13.6. The number of aromatic nitrogens is 1. The average Bonchev–Trinajstić information content (AvgIpc) is 2.20. The minimum Gasteiger partial charge on any atom is -0.374 e. The molecule has 0 fully saturated rings. The first-order valence-corrected chi connectivity index (χ1v) is 6.92. The summed E-state index contributed by atoms with van der Waals surface area (Å²) in [6, 6.07) is 3.46. The van der Waals surface area contributed by atoms with Gasteiger partial charge in [0.1, 0.15) is 11.4 Å². The van der Waals surface area contributed by atoms with Crippen molar-refractivity contribution in [1.29, 1.82) is 0 Å². The van der Waals surface area contributed by atoms with Crippen molar-refractivity contribution in [1.82, 2.24) is 4.98 Å². The fourth-order valence-corrected chi connectivity index (χ4v) is 2.11. The summed E-state index contributed by atoms with van der Waals surface area (Å²) in [6.07, 6.45) is 0.917. The normalized spacial score (nSPS) is 15.8. The Hall–Kier alpha value is -0.500. The Bertz CT molecular complexity index is 446. The smallest absolute Gasteiger partial charge is 0.214 e. The molecule has 0 unspecified atom stereocenters. The lowest BCUT2D eigenvalue weighted by molar-refractivity contribution is 0.0987. The zero-order valence-corrected chi connectivity index (χ0v) is 11.3. The molecule has 2 N–H and O–H groups in total. The number of primary sulfonamides is 1. The minimum atomic E-state index is -3.65. The number of nitrogens with two attached hydrogens (primary N) is 1. The van der Waals surface area contributed by atoms with E-state index >= 15 is 0 Å². The van der Waals surface area contributed by atoms with E-state index in [1.54, 1.807) is 18.3 Å². The van der Waals surface area contributed by atoms with Gasteiger partial charge in [0.2, 0.25) is 10.0 Å². The molecular formula is C9H13BrN2O3S. The van der Waals surface area contributed by atoms with Crippen LogP contribution in [0.5, 0.6) is 0 Å². The molecule has 1 aromatic heterocycles. The van der Waals surface area contributed by atoms with Gasteiger partial charge in [0.25, 0.3) is 0 Å². The van der Waals surface area contributed by atoms with Gasteiger partial charge in [0, 0.05) is 17.8 Å². The number of nitrogens with zero attached hydrogens (tertiary/aromatic N) is 1. The van der Waals surface area contributed by atoms with Gasteiger partial charge in [0.05, 0.1) is 5.69 Å². The van der Waals surface area contributed by atoms with Gasteiger partial charge < -0.3 is 4.74 Å². The molecular weight excluding hydrogens is 296 g/mol. The van der Waals surface area contributed by atoms with E-state index in [1.807, 2.05) is 0 Å². The Kier molecular flexibility index (Phi) is 4.43. The van der Waals surface area contributed by atoms with E-state index in [0.29, 0.717) is 5.69 Å². The fraction of sp³-hybridized carbons (Fsp3) is 0.444. The molecule has 0 amide bonds. The number of rotatable bonds is 4. The highest BCUT2D eigenvalue weighted by Gasteiger charge is 2.28. The molecule has 1 rings (SSSR count). The van der Waals surface area contributed by atoms with Crippen LogP contribution in [0.1, 0.15) is 18.7 Å². The van der Waals surface area contributed by atoms with Crippen molar-refractivity contribution in [3.8, 4) is 0 Å². The van der Waals surface area contributed by atoms with Crippen LogP contribution in [0.3, 0.4) is 0 Å². The number of sulfonamides is 1. The second-order valence-electron chi connectivity index (χ2n) is 3.35. The lowest BCUT2D eigenvalue weighted by Gasteiger charge is -2.20. The van der Waals surface area contributed by atoms with Crippen molar-refractivity contribution in [2.24, 2.45) is 5.14 Å². The van der Waals surface area contributed by atoms with Crippen LogP contribution >= 0.6 is 15.9 Å². The molecule has 0 saturated carbocycles. The molecule has 0 aliphatic carbocycles. The molecule has 7 heteroatoms. The van der Waals surface area contributed by atoms with Crippen LogP contribution in [-0.4, -0.2) is 25.8 Å². The molecule has 0 aromatic carbocycles. The van der Waals surface area contributed by atoms with Crippen LogP contribution in [0.4, 0.5) is 0 Å². The number of halogens is 1. The van der Waals surface area contributed by atoms with Crippen LogP contribution in [0, 0.1) is 0 Å². The summed E-state index contributed by atoms with van der Waals surface area (Å²) in [6.45, 7) is 1.49. The number of pyridine rings is 1. The van der Waals surface area contributed by atoms with Crippen molar-refractivity contribution in [2.75, 3.05) is 7.11 Å². The van der Waals surface area contributed by atoms with E-state index in [1.165, 1.54) is 14.0 Å². The molecule has 0 bridgehead atoms. The van der Waals surface area contributed by atoms with Gasteiger partial charge in [-0.3, -0.25) is 4.98 Å². The van der Waals surface area contributed by atoms with E-state index in [9.17, 15) is 8.42 Å². The number of ether oxygens (including phenoxy) is 1. The van der Waals surface area contributed by atoms with Gasteiger partial charge in [-0.05, 0) is 35.0 Å². The molecule has 2 atom stereocenters. The standard InChI is InChI=1S/C9H13BrN2O3S/c1-6(16(11,13)14)9(15-2)8-4-3-7(10)5-12-8/h3-6,9H,1-2H3,(H2,11,13,14)/t6-,9+/m0/s1. The van der Waals surface area contributed by atoms with Crippen molar-refractivity contribution >= 4 is 26.0 Å². The highest BCUT2D eigenvalue weighted by Crippen LogP contribution is 2.23. The monoisotopic (exact) mass is 308 g/mol. The first-order valence-electron chi connectivity index (χ1n) is 4.52. The third-order valence-electron chi connectivity index (χ3n) is 2.24. The molecule has 1 aromatic rings. The lowest BCUT2D eigenvalue weighted by Crippen LogP contribution is -2.32. The Morgan fingerprint density at radius 3 is 2.50 bits per heavy atom. The summed E-state index contributed by atoms with van der Waals surface area (Å²) >= 11 is 3.25. The zero-order valence-electron chi connectivity index (χ0n) is 8.92. The highest BCUT2D eigenvalue weighted by atomic mass is 79.9. The molecule has 5 nitrogen and oxygen atoms in total. The first-order chi connectivity index (χ1) is 7.36. The van der Waals surface area contributed by atoms with E-state index in [0.717, 1.165) is 4.47 Å². The second kappa shape index (κ2) is 5.22. The van der Waals surface area contributed by atoms with Crippen LogP contribution < -0.4 is 5.14 Å². The van der Waals surface area contributed by atoms with E-state index < -0.39 is 21.4 Å². The topological polar surface area (TPSA) is 82.3 Å². The Morgan fingerprint density at radius 2 is 2.12 bits per heavy atom. The van der Waals surface area contributed by atoms with Crippen molar-refractivity contribution < 1.29 is 13.2 Å². The Balaban J connectivity index is 3.03. The Labute approximate surface area is 103 Å². The maximum absolute atomic E-state index is 11.2. The van der Waals surface area contributed by atoms with E-state index in [2.05, 4.69) is 20.9 Å². The van der Waals surface area contributed by atoms with Crippen LogP contribution in [0.25, 0.3) is 0 Å². The third kappa shape index (κ3) is 3.24. The summed E-state index contributed by atoms with van der Waals surface area (Å²) in [4.78, 5) is 4.09. The van der Waals surface area contributed by atoms with Gasteiger partial charge in [-0.1, -0.05) is 0 Å². The quantitative estimate of drug-likeness (QED) is 0.906. The summed E-state index contributed by atoms with van der Waals surface area (Å²) in [5.74, 6) is 0. The SMILES string of the molecule is CO[C@@H](c1ccc(Br)cn1)[C@H](C)S(N)(=O)=O. The van der Waals surface area contributed by atoms with Crippen molar-refractivity contribution in [2.45, 2.75) is 18.3 Å². The second-order valence-corrected chi connectivity index (χ2v) is 6.19. The van der Waals surface area contributed by atoms with Crippen LogP contribution in [-0.2, 0) is 14.8 Å². The minimum absolute atomic E-state index is 0.534. The summed E-state index contributed by atoms with van der Waals surface area (Å²) < 4.78 is 28.4. The van der Waals surface area contributed by atoms with E-state index in [-0.39, 0.29) is 0 Å². The number of hydrogen-bond donors (Lipinski definition) is 1. The molecule has 16 heavy (non-hydrogen) atoms. The molecule has 0 aliphatic heterocycles. The largest absolute Gasteiger partial charge is 0.374 e. The van der Waals surface area contributed by atoms with E-state index in [4.69, 9.17) is 9.88 Å². The molecule has 0 spiro atoms. The van der Waals surface area contributed by atoms with Gasteiger partial charge in [-0.25, -0.2) is 13.6 Å². The lowest BCUT2D eigenvalue weighted by atomic mass is 10.2. The van der Waals surface area contributed by atoms with Gasteiger partial charge >= 0.3 is 0 Å². The third-order valence-corrected chi connectivity index (χ3v) is 3.99. The zero-order chi connectivity index (χ0) is 12.3. The highest BCUT2D eigenvalue weighted by molar-refractivity contribution is 9.10. The Morgan fingerprint density at radius 1 is 1.50 bits per heavy atom. The van der Waals surface area contributed by atoms with Gasteiger partial charge in [-0.15, -0.1) is 0 Å². The van der Waals surface area contributed by atoms with Crippen molar-refractivity contribution in [3.05, 3.63) is 28.5 Å². The fourth-order valence-electron chi connectivity index (χ4n) is 1.28. The summed E-state index contributed by atoms with van der Waals surface area (Å²) in [7, 11) is -2.22. The summed E-state index contributed by atoms with van der Waals surface area (Å²) in [5, 5.41) is 4.24. The van der Waals surface area contributed by atoms with Crippen LogP contribution in [0.2, 0.25) is 0 Å². The molecule has 0 aliphatic rings. The number of methoxy groups -OCH3 is 1. The predicted octanol–water partition coefficient (Wildman–Crippen LogP) is 1.21.